The Labute approximate surface area is 167 Å². The van der Waals surface area contributed by atoms with Crippen LogP contribution in [0.3, 0.4) is 0 Å². The maximum absolute atomic E-state index is 13.1. The lowest BCUT2D eigenvalue weighted by atomic mass is 9.84. The van der Waals surface area contributed by atoms with Crippen molar-refractivity contribution >= 4 is 11.8 Å². The molecule has 2 aromatic rings. The van der Waals surface area contributed by atoms with Crippen LogP contribution in [-0.2, 0) is 22.6 Å². The second-order valence-electron chi connectivity index (χ2n) is 7.52. The van der Waals surface area contributed by atoms with E-state index in [0.717, 1.165) is 37.9 Å². The number of carbonyl (C=O) groups excluding carboxylic acids is 2. The van der Waals surface area contributed by atoms with Crippen molar-refractivity contribution in [1.82, 2.24) is 9.80 Å². The van der Waals surface area contributed by atoms with Crippen molar-refractivity contribution in [1.29, 1.82) is 0 Å². The third-order valence-corrected chi connectivity index (χ3v) is 5.38. The summed E-state index contributed by atoms with van der Waals surface area (Å²) in [6.07, 6.45) is 6.28. The summed E-state index contributed by atoms with van der Waals surface area (Å²) in [4.78, 5) is 29.4. The summed E-state index contributed by atoms with van der Waals surface area (Å²) in [7, 11) is 0. The van der Waals surface area contributed by atoms with Crippen molar-refractivity contribution in [2.45, 2.75) is 45.6 Å². The molecule has 5 heteroatoms. The Morgan fingerprint density at radius 2 is 1.82 bits per heavy atom. The smallest absolute Gasteiger partial charge is 0.242 e. The summed E-state index contributed by atoms with van der Waals surface area (Å²) >= 11 is 0. The Kier molecular flexibility index (Phi) is 7.29. The fraction of sp³-hybridized carbons (Fsp3) is 0.478. The van der Waals surface area contributed by atoms with Crippen molar-refractivity contribution in [3.63, 3.8) is 0 Å². The fourth-order valence-electron chi connectivity index (χ4n) is 3.51. The number of benzene rings is 1. The van der Waals surface area contributed by atoms with Gasteiger partial charge in [-0.2, -0.15) is 0 Å². The van der Waals surface area contributed by atoms with Gasteiger partial charge in [-0.05, 0) is 43.4 Å². The van der Waals surface area contributed by atoms with Gasteiger partial charge in [0.25, 0.3) is 0 Å². The Hall–Kier alpha value is -2.56. The van der Waals surface area contributed by atoms with Crippen LogP contribution in [0.15, 0.2) is 53.1 Å². The van der Waals surface area contributed by atoms with Crippen molar-refractivity contribution < 1.29 is 14.0 Å². The first kappa shape index (κ1) is 20.2. The molecule has 1 fully saturated rings. The van der Waals surface area contributed by atoms with E-state index in [9.17, 15) is 9.59 Å². The molecule has 1 aliphatic carbocycles. The Morgan fingerprint density at radius 1 is 1.04 bits per heavy atom. The molecule has 28 heavy (non-hydrogen) atoms. The van der Waals surface area contributed by atoms with Crippen LogP contribution in [0.4, 0.5) is 0 Å². The second-order valence-corrected chi connectivity index (χ2v) is 7.52. The van der Waals surface area contributed by atoms with E-state index in [1.807, 2.05) is 42.2 Å². The highest BCUT2D eigenvalue weighted by molar-refractivity contribution is 5.86. The van der Waals surface area contributed by atoms with Gasteiger partial charge in [0.1, 0.15) is 5.76 Å². The molecule has 1 heterocycles. The topological polar surface area (TPSA) is 53.8 Å². The molecule has 0 bridgehead atoms. The number of hydrogen-bond acceptors (Lipinski definition) is 3. The van der Waals surface area contributed by atoms with Gasteiger partial charge in [-0.25, -0.2) is 0 Å². The highest BCUT2D eigenvalue weighted by atomic mass is 16.3. The molecular weight excluding hydrogens is 352 g/mol. The van der Waals surface area contributed by atoms with E-state index < -0.39 is 0 Å². The van der Waals surface area contributed by atoms with Gasteiger partial charge < -0.3 is 14.2 Å². The van der Waals surface area contributed by atoms with Crippen LogP contribution < -0.4 is 0 Å². The molecule has 3 rings (SSSR count). The number of rotatable bonds is 10. The van der Waals surface area contributed by atoms with E-state index in [2.05, 4.69) is 12.1 Å². The molecule has 0 unspecified atom stereocenters. The molecule has 1 aromatic heterocycles. The standard InChI is InChI=1S/C23H30N2O3/c1-2-14-25(23(27)20-10-6-11-20)18-22(26)24(17-21-12-7-16-28-21)15-13-19-8-4-3-5-9-19/h3-5,7-9,12,16,20H,2,6,10-11,13-15,17-18H2,1H3. The molecule has 0 spiro atoms. The Bertz CT molecular complexity index is 738. The number of furan rings is 1. The van der Waals surface area contributed by atoms with Crippen molar-refractivity contribution in [2.24, 2.45) is 5.92 Å². The molecule has 0 atom stereocenters. The minimum Gasteiger partial charge on any atom is -0.467 e. The van der Waals surface area contributed by atoms with Crippen LogP contribution in [0, 0.1) is 5.92 Å². The molecule has 2 amide bonds. The van der Waals surface area contributed by atoms with Gasteiger partial charge in [-0.3, -0.25) is 9.59 Å². The van der Waals surface area contributed by atoms with Crippen LogP contribution in [0.5, 0.6) is 0 Å². The fourth-order valence-corrected chi connectivity index (χ4v) is 3.51. The molecule has 0 radical (unpaired) electrons. The van der Waals surface area contributed by atoms with Crippen LogP contribution in [-0.4, -0.2) is 41.2 Å². The van der Waals surface area contributed by atoms with E-state index >= 15 is 0 Å². The third kappa shape index (κ3) is 5.47. The number of hydrogen-bond donors (Lipinski definition) is 0. The monoisotopic (exact) mass is 382 g/mol. The zero-order valence-corrected chi connectivity index (χ0v) is 16.7. The summed E-state index contributed by atoms with van der Waals surface area (Å²) in [5.41, 5.74) is 1.19. The first-order valence-corrected chi connectivity index (χ1v) is 10.3. The molecule has 0 N–H and O–H groups in total. The second kappa shape index (κ2) is 10.1. The van der Waals surface area contributed by atoms with Gasteiger partial charge in [-0.15, -0.1) is 0 Å². The Balaban J connectivity index is 1.65. The SMILES string of the molecule is CCCN(CC(=O)N(CCc1ccccc1)Cc1ccco1)C(=O)C1CCC1. The molecular formula is C23H30N2O3. The van der Waals surface area contributed by atoms with Crippen LogP contribution in [0.2, 0.25) is 0 Å². The lowest BCUT2D eigenvalue weighted by molar-refractivity contribution is -0.145. The third-order valence-electron chi connectivity index (χ3n) is 5.38. The summed E-state index contributed by atoms with van der Waals surface area (Å²) in [5.74, 6) is 0.992. The van der Waals surface area contributed by atoms with E-state index in [4.69, 9.17) is 4.42 Å². The van der Waals surface area contributed by atoms with Crippen molar-refractivity contribution in [3.8, 4) is 0 Å². The minimum atomic E-state index is -0.0199. The zero-order valence-electron chi connectivity index (χ0n) is 16.7. The first-order chi connectivity index (χ1) is 13.7. The lowest BCUT2D eigenvalue weighted by Crippen LogP contribution is -2.46. The van der Waals surface area contributed by atoms with E-state index in [-0.39, 0.29) is 24.3 Å². The number of nitrogens with zero attached hydrogens (tertiary/aromatic N) is 2. The lowest BCUT2D eigenvalue weighted by Gasteiger charge is -2.32. The van der Waals surface area contributed by atoms with E-state index in [0.29, 0.717) is 19.6 Å². The molecule has 1 aliphatic rings. The molecule has 0 aliphatic heterocycles. The summed E-state index contributed by atoms with van der Waals surface area (Å²) in [5, 5.41) is 0. The molecule has 0 saturated heterocycles. The van der Waals surface area contributed by atoms with Gasteiger partial charge in [0.05, 0.1) is 19.4 Å². The first-order valence-electron chi connectivity index (χ1n) is 10.3. The molecule has 5 nitrogen and oxygen atoms in total. The molecule has 1 saturated carbocycles. The highest BCUT2D eigenvalue weighted by Gasteiger charge is 2.31. The van der Waals surface area contributed by atoms with Crippen molar-refractivity contribution in [3.05, 3.63) is 60.1 Å². The van der Waals surface area contributed by atoms with Gasteiger partial charge in [-0.1, -0.05) is 43.7 Å². The average Bonchev–Trinajstić information content (AvgIpc) is 3.17. The van der Waals surface area contributed by atoms with Gasteiger partial charge in [0.15, 0.2) is 0 Å². The number of carbonyl (C=O) groups is 2. The predicted octanol–water partition coefficient (Wildman–Crippen LogP) is 3.89. The predicted molar refractivity (Wildman–Crippen MR) is 108 cm³/mol. The Morgan fingerprint density at radius 3 is 2.43 bits per heavy atom. The maximum Gasteiger partial charge on any atom is 0.242 e. The quantitative estimate of drug-likeness (QED) is 0.626. The van der Waals surface area contributed by atoms with Crippen molar-refractivity contribution in [2.75, 3.05) is 19.6 Å². The zero-order chi connectivity index (χ0) is 19.8. The van der Waals surface area contributed by atoms with Gasteiger partial charge in [0.2, 0.25) is 11.8 Å². The van der Waals surface area contributed by atoms with Gasteiger partial charge >= 0.3 is 0 Å². The summed E-state index contributed by atoms with van der Waals surface area (Å²) in [6.45, 7) is 3.85. The summed E-state index contributed by atoms with van der Waals surface area (Å²) < 4.78 is 5.46. The molecule has 150 valence electrons. The number of amides is 2. The van der Waals surface area contributed by atoms with Crippen LogP contribution >= 0.6 is 0 Å². The highest BCUT2D eigenvalue weighted by Crippen LogP contribution is 2.28. The largest absolute Gasteiger partial charge is 0.467 e. The van der Waals surface area contributed by atoms with Gasteiger partial charge in [0, 0.05) is 19.0 Å². The molecule has 1 aromatic carbocycles. The summed E-state index contributed by atoms with van der Waals surface area (Å²) in [6, 6.07) is 13.9. The normalized spacial score (nSPS) is 13.8. The van der Waals surface area contributed by atoms with E-state index in [1.165, 1.54) is 5.56 Å². The minimum absolute atomic E-state index is 0.0199. The maximum atomic E-state index is 13.1. The van der Waals surface area contributed by atoms with Crippen LogP contribution in [0.25, 0.3) is 0 Å². The van der Waals surface area contributed by atoms with E-state index in [1.54, 1.807) is 11.2 Å². The average molecular weight is 383 g/mol. The van der Waals surface area contributed by atoms with Crippen LogP contribution in [0.1, 0.15) is 43.9 Å².